The van der Waals surface area contributed by atoms with Crippen LogP contribution in [-0.4, -0.2) is 64.5 Å². The van der Waals surface area contributed by atoms with Crippen molar-refractivity contribution in [1.29, 1.82) is 0 Å². The molecule has 2 aliphatic heterocycles. The summed E-state index contributed by atoms with van der Waals surface area (Å²) in [5, 5.41) is 10.4. The van der Waals surface area contributed by atoms with E-state index in [1.54, 1.807) is 4.90 Å². The Morgan fingerprint density at radius 3 is 2.93 bits per heavy atom. The summed E-state index contributed by atoms with van der Waals surface area (Å²) in [6.45, 7) is 2.33. The van der Waals surface area contributed by atoms with E-state index in [1.165, 1.54) is 10.9 Å². The lowest BCUT2D eigenvalue weighted by Crippen LogP contribution is -2.51. The zero-order valence-electron chi connectivity index (χ0n) is 16.3. The van der Waals surface area contributed by atoms with Gasteiger partial charge in [-0.05, 0) is 43.7 Å². The van der Waals surface area contributed by atoms with Crippen molar-refractivity contribution in [1.82, 2.24) is 14.8 Å². The predicted octanol–water partition coefficient (Wildman–Crippen LogP) is 2.32. The summed E-state index contributed by atoms with van der Waals surface area (Å²) in [6.07, 6.45) is 6.80. The Balaban J connectivity index is 1.32. The molecular weight excluding hydrogens is 354 g/mol. The highest BCUT2D eigenvalue weighted by atomic mass is 16.3. The Morgan fingerprint density at radius 2 is 2.07 bits per heavy atom. The van der Waals surface area contributed by atoms with Crippen LogP contribution in [0.2, 0.25) is 0 Å². The molecule has 0 radical (unpaired) electrons. The zero-order valence-corrected chi connectivity index (χ0v) is 16.3. The van der Waals surface area contributed by atoms with Crippen molar-refractivity contribution < 1.29 is 14.7 Å². The number of aliphatic hydroxyl groups is 1. The molecule has 2 N–H and O–H groups in total. The average molecular weight is 383 g/mol. The number of nitrogens with zero attached hydrogens (tertiary/aromatic N) is 2. The number of benzene rings is 1. The van der Waals surface area contributed by atoms with Crippen LogP contribution in [0.3, 0.4) is 0 Å². The quantitative estimate of drug-likeness (QED) is 0.804. The van der Waals surface area contributed by atoms with E-state index in [-0.39, 0.29) is 18.4 Å². The van der Waals surface area contributed by atoms with Gasteiger partial charge in [-0.25, -0.2) is 0 Å². The van der Waals surface area contributed by atoms with Gasteiger partial charge in [-0.2, -0.15) is 0 Å². The number of aliphatic hydroxyl groups excluding tert-OH is 1. The van der Waals surface area contributed by atoms with Crippen LogP contribution in [0, 0.1) is 5.41 Å². The number of aryl methyl sites for hydroxylation is 1. The molecule has 6 nitrogen and oxygen atoms in total. The number of β-amino-alcohol motifs (C(OH)–C–C–N with tert-alkyl or cyclic N) is 1. The molecule has 0 saturated carbocycles. The normalized spacial score (nSPS) is 22.5. The Kier molecular flexibility index (Phi) is 5.40. The largest absolute Gasteiger partial charge is 0.395 e. The second-order valence-electron chi connectivity index (χ2n) is 8.18. The fraction of sp³-hybridized carbons (Fsp3) is 0.545. The molecule has 150 valence electrons. The Hall–Kier alpha value is -2.34. The summed E-state index contributed by atoms with van der Waals surface area (Å²) < 4.78 is 0. The van der Waals surface area contributed by atoms with Gasteiger partial charge in [0, 0.05) is 49.7 Å². The summed E-state index contributed by atoms with van der Waals surface area (Å²) in [4.78, 5) is 32.5. The summed E-state index contributed by atoms with van der Waals surface area (Å²) in [5.41, 5.74) is 1.97. The molecule has 2 amide bonds. The molecule has 0 aliphatic carbocycles. The van der Waals surface area contributed by atoms with E-state index < -0.39 is 5.41 Å². The molecule has 0 unspecified atom stereocenters. The van der Waals surface area contributed by atoms with Gasteiger partial charge in [0.2, 0.25) is 11.8 Å². The number of H-pyrrole nitrogens is 1. The molecule has 1 atom stereocenters. The number of nitrogens with one attached hydrogen (secondary N) is 1. The first-order valence-corrected chi connectivity index (χ1v) is 10.4. The number of carbonyl (C=O) groups is 2. The number of carbonyl (C=O) groups excluding carboxylic acids is 2. The molecule has 2 aliphatic rings. The van der Waals surface area contributed by atoms with Crippen molar-refractivity contribution >= 4 is 22.7 Å². The number of hydrogen-bond donors (Lipinski definition) is 2. The Labute approximate surface area is 165 Å². The van der Waals surface area contributed by atoms with Crippen LogP contribution in [0.4, 0.5) is 0 Å². The fourth-order valence-electron chi connectivity index (χ4n) is 4.88. The zero-order chi connectivity index (χ0) is 19.6. The van der Waals surface area contributed by atoms with Crippen LogP contribution in [0.1, 0.15) is 37.7 Å². The Morgan fingerprint density at radius 1 is 1.21 bits per heavy atom. The lowest BCUT2D eigenvalue weighted by molar-refractivity contribution is -0.146. The molecule has 1 aromatic heterocycles. The number of aromatic amines is 1. The van der Waals surface area contributed by atoms with Crippen molar-refractivity contribution in [3.63, 3.8) is 0 Å². The lowest BCUT2D eigenvalue weighted by Gasteiger charge is -2.39. The summed E-state index contributed by atoms with van der Waals surface area (Å²) in [6, 6.07) is 8.23. The van der Waals surface area contributed by atoms with Gasteiger partial charge in [0.05, 0.1) is 12.0 Å². The molecule has 2 fully saturated rings. The van der Waals surface area contributed by atoms with Crippen LogP contribution in [-0.2, 0) is 16.0 Å². The number of fused-ring (bicyclic) bond motifs is 1. The van der Waals surface area contributed by atoms with Crippen LogP contribution in [0.5, 0.6) is 0 Å². The molecule has 3 heterocycles. The van der Waals surface area contributed by atoms with Gasteiger partial charge in [0.1, 0.15) is 0 Å². The SMILES string of the molecule is O=C(CCCc1c[nH]c2ccccc12)N1CC[C@]2(CCCN(CCO)C2=O)C1. The standard InChI is InChI=1S/C22H29N3O3/c26-14-13-24-11-4-9-22(21(24)28)10-12-25(16-22)20(27)8-3-5-17-15-23-19-7-2-1-6-18(17)19/h1-2,6-7,15,23,26H,3-5,8-14,16H2/t22-/m1/s1. The minimum atomic E-state index is -0.417. The maximum absolute atomic E-state index is 12.9. The minimum Gasteiger partial charge on any atom is -0.395 e. The molecular formula is C22H29N3O3. The second-order valence-corrected chi connectivity index (χ2v) is 8.18. The fourth-order valence-corrected chi connectivity index (χ4v) is 4.88. The van der Waals surface area contributed by atoms with Gasteiger partial charge in [-0.15, -0.1) is 0 Å². The van der Waals surface area contributed by atoms with Crippen molar-refractivity contribution in [2.45, 2.75) is 38.5 Å². The third-order valence-corrected chi connectivity index (χ3v) is 6.41. The molecule has 2 saturated heterocycles. The monoisotopic (exact) mass is 383 g/mol. The number of aromatic nitrogens is 1. The number of para-hydroxylation sites is 1. The number of rotatable bonds is 6. The second kappa shape index (κ2) is 7.95. The van der Waals surface area contributed by atoms with Gasteiger partial charge in [-0.1, -0.05) is 18.2 Å². The third-order valence-electron chi connectivity index (χ3n) is 6.41. The maximum Gasteiger partial charge on any atom is 0.230 e. The van der Waals surface area contributed by atoms with E-state index >= 15 is 0 Å². The van der Waals surface area contributed by atoms with Crippen molar-refractivity contribution in [3.05, 3.63) is 36.0 Å². The van der Waals surface area contributed by atoms with E-state index in [2.05, 4.69) is 17.1 Å². The van der Waals surface area contributed by atoms with Gasteiger partial charge in [0.25, 0.3) is 0 Å². The molecule has 2 aromatic rings. The number of likely N-dealkylation sites (tertiary alicyclic amines) is 2. The topological polar surface area (TPSA) is 76.6 Å². The first-order valence-electron chi connectivity index (χ1n) is 10.4. The highest BCUT2D eigenvalue weighted by Gasteiger charge is 2.49. The molecule has 1 aromatic carbocycles. The highest BCUT2D eigenvalue weighted by molar-refractivity contribution is 5.86. The molecule has 4 rings (SSSR count). The van der Waals surface area contributed by atoms with Crippen molar-refractivity contribution in [2.75, 3.05) is 32.8 Å². The van der Waals surface area contributed by atoms with Crippen molar-refractivity contribution in [2.24, 2.45) is 5.41 Å². The summed E-state index contributed by atoms with van der Waals surface area (Å²) >= 11 is 0. The smallest absolute Gasteiger partial charge is 0.230 e. The first-order chi connectivity index (χ1) is 13.6. The van der Waals surface area contributed by atoms with E-state index in [0.29, 0.717) is 26.1 Å². The number of amides is 2. The third kappa shape index (κ3) is 3.53. The van der Waals surface area contributed by atoms with E-state index in [0.717, 1.165) is 44.2 Å². The molecule has 0 bridgehead atoms. The highest BCUT2D eigenvalue weighted by Crippen LogP contribution is 2.40. The van der Waals surface area contributed by atoms with Gasteiger partial charge >= 0.3 is 0 Å². The van der Waals surface area contributed by atoms with Crippen LogP contribution in [0.15, 0.2) is 30.5 Å². The van der Waals surface area contributed by atoms with E-state index in [1.807, 2.05) is 23.2 Å². The minimum absolute atomic E-state index is 0.00168. The predicted molar refractivity (Wildman–Crippen MR) is 108 cm³/mol. The molecule has 6 heteroatoms. The van der Waals surface area contributed by atoms with E-state index in [9.17, 15) is 14.7 Å². The van der Waals surface area contributed by atoms with Crippen LogP contribution >= 0.6 is 0 Å². The summed E-state index contributed by atoms with van der Waals surface area (Å²) in [5.74, 6) is 0.283. The maximum atomic E-state index is 12.9. The lowest BCUT2D eigenvalue weighted by atomic mass is 9.78. The van der Waals surface area contributed by atoms with Gasteiger partial charge in [0.15, 0.2) is 0 Å². The molecule has 28 heavy (non-hydrogen) atoms. The van der Waals surface area contributed by atoms with Crippen molar-refractivity contribution in [3.8, 4) is 0 Å². The Bertz CT molecular complexity index is 860. The van der Waals surface area contributed by atoms with Gasteiger partial charge < -0.3 is 19.9 Å². The first kappa shape index (κ1) is 19.0. The van der Waals surface area contributed by atoms with Crippen LogP contribution in [0.25, 0.3) is 10.9 Å². The average Bonchev–Trinajstić information content (AvgIpc) is 3.31. The number of piperidine rings is 1. The molecule has 1 spiro atoms. The van der Waals surface area contributed by atoms with Gasteiger partial charge in [-0.3, -0.25) is 9.59 Å². The van der Waals surface area contributed by atoms with E-state index in [4.69, 9.17) is 0 Å². The summed E-state index contributed by atoms with van der Waals surface area (Å²) in [7, 11) is 0. The van der Waals surface area contributed by atoms with Crippen LogP contribution < -0.4 is 0 Å². The number of hydrogen-bond acceptors (Lipinski definition) is 3.